The predicted octanol–water partition coefficient (Wildman–Crippen LogP) is 0.210. The third kappa shape index (κ3) is 6.98. The van der Waals surface area contributed by atoms with Crippen molar-refractivity contribution in [2.45, 2.75) is 12.5 Å². The van der Waals surface area contributed by atoms with Gasteiger partial charge in [0.2, 0.25) is 0 Å². The number of amides is 1. The molecule has 0 bridgehead atoms. The maximum absolute atomic E-state index is 13.1. The molecule has 1 aromatic carbocycles. The SMILES string of the molecule is O=C(O)C(=O)O.O=Cc1c(O)cccc1OCC1COCCN1C(=O)c1cccnc1CCO. The van der Waals surface area contributed by atoms with E-state index in [9.17, 15) is 19.8 Å². The molecule has 1 aromatic heterocycles. The Morgan fingerprint density at radius 3 is 2.56 bits per heavy atom. The smallest absolute Gasteiger partial charge is 0.414 e. The van der Waals surface area contributed by atoms with Crippen molar-refractivity contribution in [1.29, 1.82) is 0 Å². The minimum absolute atomic E-state index is 0.0644. The van der Waals surface area contributed by atoms with Gasteiger partial charge in [0, 0.05) is 25.8 Å². The van der Waals surface area contributed by atoms with E-state index in [-0.39, 0.29) is 48.8 Å². The highest BCUT2D eigenvalue weighted by atomic mass is 16.5. The quantitative estimate of drug-likeness (QED) is 0.316. The highest BCUT2D eigenvalue weighted by molar-refractivity contribution is 6.27. The zero-order valence-corrected chi connectivity index (χ0v) is 18.0. The van der Waals surface area contributed by atoms with Crippen LogP contribution in [0, 0.1) is 0 Å². The van der Waals surface area contributed by atoms with E-state index in [1.165, 1.54) is 6.07 Å². The van der Waals surface area contributed by atoms with Gasteiger partial charge in [-0.05, 0) is 24.3 Å². The highest BCUT2D eigenvalue weighted by Crippen LogP contribution is 2.26. The molecule has 182 valence electrons. The first-order valence-electron chi connectivity index (χ1n) is 10.1. The second-order valence-electron chi connectivity index (χ2n) is 6.93. The number of aliphatic hydroxyl groups excluding tert-OH is 1. The Bertz CT molecular complexity index is 1010. The molecule has 1 fully saturated rings. The Hall–Kier alpha value is -4.03. The molecule has 1 aliphatic heterocycles. The number of benzene rings is 1. The number of phenols is 1. The molecule has 2 heterocycles. The van der Waals surface area contributed by atoms with Crippen LogP contribution in [-0.4, -0.2) is 93.5 Å². The normalized spacial score (nSPS) is 15.0. The number of rotatable bonds is 7. The number of carboxylic acid groups (broad SMARTS) is 2. The summed E-state index contributed by atoms with van der Waals surface area (Å²) < 4.78 is 11.2. The summed E-state index contributed by atoms with van der Waals surface area (Å²) in [7, 11) is 0. The number of carbonyl (C=O) groups excluding carboxylic acids is 2. The number of ether oxygens (including phenoxy) is 2. The number of pyridine rings is 1. The number of aldehydes is 1. The zero-order valence-electron chi connectivity index (χ0n) is 18.0. The van der Waals surface area contributed by atoms with Crippen molar-refractivity contribution in [2.75, 3.05) is 33.0 Å². The van der Waals surface area contributed by atoms with E-state index in [4.69, 9.17) is 29.3 Å². The number of aliphatic carboxylic acids is 2. The van der Waals surface area contributed by atoms with Gasteiger partial charge in [-0.2, -0.15) is 0 Å². The van der Waals surface area contributed by atoms with Crippen LogP contribution >= 0.6 is 0 Å². The van der Waals surface area contributed by atoms with Crippen molar-refractivity contribution < 1.29 is 49.1 Å². The van der Waals surface area contributed by atoms with E-state index in [2.05, 4.69) is 4.98 Å². The van der Waals surface area contributed by atoms with Crippen molar-refractivity contribution >= 4 is 24.1 Å². The van der Waals surface area contributed by atoms with Crippen LogP contribution in [0.2, 0.25) is 0 Å². The van der Waals surface area contributed by atoms with Crippen LogP contribution in [0.4, 0.5) is 0 Å². The van der Waals surface area contributed by atoms with Crippen LogP contribution in [0.25, 0.3) is 0 Å². The summed E-state index contributed by atoms with van der Waals surface area (Å²) in [5, 5.41) is 33.8. The lowest BCUT2D eigenvalue weighted by molar-refractivity contribution is -0.159. The molecule has 4 N–H and O–H groups in total. The lowest BCUT2D eigenvalue weighted by atomic mass is 10.1. The molecule has 0 spiro atoms. The maximum Gasteiger partial charge on any atom is 0.414 e. The second-order valence-corrected chi connectivity index (χ2v) is 6.93. The van der Waals surface area contributed by atoms with Crippen LogP contribution in [0.3, 0.4) is 0 Å². The molecule has 1 amide bonds. The zero-order chi connectivity index (χ0) is 25.1. The van der Waals surface area contributed by atoms with Gasteiger partial charge in [-0.15, -0.1) is 0 Å². The number of hydrogen-bond acceptors (Lipinski definition) is 9. The van der Waals surface area contributed by atoms with Crippen molar-refractivity contribution in [3.05, 3.63) is 53.3 Å². The van der Waals surface area contributed by atoms with Crippen LogP contribution in [0.5, 0.6) is 11.5 Å². The van der Waals surface area contributed by atoms with E-state index in [0.29, 0.717) is 37.1 Å². The number of aliphatic hydroxyl groups is 1. The van der Waals surface area contributed by atoms with Crippen LogP contribution < -0.4 is 4.74 Å². The number of phenolic OH excluding ortho intramolecular Hbond substituents is 1. The molecule has 2 aromatic rings. The second kappa shape index (κ2) is 12.9. The fourth-order valence-electron chi connectivity index (χ4n) is 3.12. The Kier molecular flexibility index (Phi) is 9.92. The molecule has 0 radical (unpaired) electrons. The number of nitrogens with zero attached hydrogens (tertiary/aromatic N) is 2. The summed E-state index contributed by atoms with van der Waals surface area (Å²) in [5.74, 6) is -3.77. The monoisotopic (exact) mass is 476 g/mol. The van der Waals surface area contributed by atoms with Crippen molar-refractivity contribution in [2.24, 2.45) is 0 Å². The average Bonchev–Trinajstić information content (AvgIpc) is 2.83. The standard InChI is InChI=1S/C20H22N2O6.C2H2O4/c23-9-6-17-15(3-2-7-21-17)20(26)22-8-10-27-12-14(22)13-28-19-5-1-4-18(25)16(19)11-24;3-1(4)2(5)6/h1-5,7,11,14,23,25H,6,8-10,12-13H2;(H,3,4)(H,5,6). The Labute approximate surface area is 194 Å². The molecule has 34 heavy (non-hydrogen) atoms. The fraction of sp³-hybridized carbons (Fsp3) is 0.318. The minimum atomic E-state index is -1.82. The third-order valence-electron chi connectivity index (χ3n) is 4.73. The lowest BCUT2D eigenvalue weighted by Crippen LogP contribution is -2.51. The molecule has 1 aliphatic rings. The van der Waals surface area contributed by atoms with Gasteiger partial charge in [0.05, 0.1) is 36.1 Å². The van der Waals surface area contributed by atoms with E-state index in [0.717, 1.165) is 0 Å². The molecule has 0 saturated carbocycles. The molecule has 12 nitrogen and oxygen atoms in total. The van der Waals surface area contributed by atoms with Gasteiger partial charge < -0.3 is 34.8 Å². The summed E-state index contributed by atoms with van der Waals surface area (Å²) in [5.41, 5.74) is 1.04. The molecular formula is C22H24N2O10. The van der Waals surface area contributed by atoms with Crippen LogP contribution in [0.1, 0.15) is 26.4 Å². The average molecular weight is 476 g/mol. The Balaban J connectivity index is 0.000000604. The number of carbonyl (C=O) groups is 4. The lowest BCUT2D eigenvalue weighted by Gasteiger charge is -2.35. The molecule has 0 aliphatic carbocycles. The first-order chi connectivity index (χ1) is 16.3. The Morgan fingerprint density at radius 1 is 1.18 bits per heavy atom. The summed E-state index contributed by atoms with van der Waals surface area (Å²) in [4.78, 5) is 48.3. The number of aromatic nitrogens is 1. The summed E-state index contributed by atoms with van der Waals surface area (Å²) >= 11 is 0. The summed E-state index contributed by atoms with van der Waals surface area (Å²) in [6.45, 7) is 1.09. The van der Waals surface area contributed by atoms with Gasteiger partial charge >= 0.3 is 11.9 Å². The summed E-state index contributed by atoms with van der Waals surface area (Å²) in [6.07, 6.45) is 2.41. The van der Waals surface area contributed by atoms with Crippen LogP contribution in [0.15, 0.2) is 36.5 Å². The summed E-state index contributed by atoms with van der Waals surface area (Å²) in [6, 6.07) is 7.57. The van der Waals surface area contributed by atoms with Gasteiger partial charge in [-0.1, -0.05) is 6.07 Å². The van der Waals surface area contributed by atoms with E-state index in [1.807, 2.05) is 0 Å². The predicted molar refractivity (Wildman–Crippen MR) is 115 cm³/mol. The van der Waals surface area contributed by atoms with E-state index in [1.54, 1.807) is 35.4 Å². The number of aromatic hydroxyl groups is 1. The maximum atomic E-state index is 13.1. The van der Waals surface area contributed by atoms with E-state index < -0.39 is 11.9 Å². The van der Waals surface area contributed by atoms with Gasteiger partial charge in [0.25, 0.3) is 5.91 Å². The highest BCUT2D eigenvalue weighted by Gasteiger charge is 2.30. The molecule has 12 heteroatoms. The molecule has 1 saturated heterocycles. The van der Waals surface area contributed by atoms with Gasteiger partial charge in [0.15, 0.2) is 6.29 Å². The number of hydrogen-bond donors (Lipinski definition) is 4. The molecule has 3 rings (SSSR count). The van der Waals surface area contributed by atoms with Crippen molar-refractivity contribution in [1.82, 2.24) is 9.88 Å². The van der Waals surface area contributed by atoms with E-state index >= 15 is 0 Å². The first kappa shape index (κ1) is 26.2. The minimum Gasteiger partial charge on any atom is -0.507 e. The van der Waals surface area contributed by atoms with Gasteiger partial charge in [-0.3, -0.25) is 14.6 Å². The Morgan fingerprint density at radius 2 is 1.91 bits per heavy atom. The van der Waals surface area contributed by atoms with Crippen LogP contribution in [-0.2, 0) is 20.7 Å². The first-order valence-corrected chi connectivity index (χ1v) is 10.1. The fourth-order valence-corrected chi connectivity index (χ4v) is 3.12. The van der Waals surface area contributed by atoms with Crippen molar-refractivity contribution in [3.63, 3.8) is 0 Å². The third-order valence-corrected chi connectivity index (χ3v) is 4.73. The largest absolute Gasteiger partial charge is 0.507 e. The van der Waals surface area contributed by atoms with Crippen molar-refractivity contribution in [3.8, 4) is 11.5 Å². The molecule has 1 unspecified atom stereocenters. The number of morpholine rings is 1. The number of carboxylic acids is 2. The topological polar surface area (TPSA) is 184 Å². The molecule has 1 atom stereocenters. The molecular weight excluding hydrogens is 452 g/mol. The van der Waals surface area contributed by atoms with Gasteiger partial charge in [0.1, 0.15) is 18.1 Å². The van der Waals surface area contributed by atoms with Gasteiger partial charge in [-0.25, -0.2) is 9.59 Å².